The van der Waals surface area contributed by atoms with Gasteiger partial charge in [-0.1, -0.05) is 36.0 Å². The topological polar surface area (TPSA) is 93.0 Å². The van der Waals surface area contributed by atoms with E-state index in [0.29, 0.717) is 18.2 Å². The van der Waals surface area contributed by atoms with Crippen LogP contribution >= 0.6 is 23.1 Å². The van der Waals surface area contributed by atoms with E-state index in [9.17, 15) is 9.59 Å². The zero-order valence-corrected chi connectivity index (χ0v) is 16.9. The van der Waals surface area contributed by atoms with E-state index < -0.39 is 0 Å². The van der Waals surface area contributed by atoms with E-state index in [2.05, 4.69) is 20.8 Å². The van der Waals surface area contributed by atoms with Gasteiger partial charge in [0.05, 0.1) is 24.5 Å². The standard InChI is InChI=1S/C18H20N6O2S2/c1-2-23(12-16(25)19-11-15-9-6-10-27-15)17(26)13-28-18-20-21-22-24(18)14-7-4-3-5-8-14/h3-10H,2,11-13H2,1H3,(H,19,25). The van der Waals surface area contributed by atoms with Gasteiger partial charge in [-0.2, -0.15) is 4.68 Å². The van der Waals surface area contributed by atoms with Crippen molar-refractivity contribution in [1.82, 2.24) is 30.4 Å². The molecule has 0 aliphatic rings. The van der Waals surface area contributed by atoms with Gasteiger partial charge in [-0.3, -0.25) is 9.59 Å². The molecule has 0 bridgehead atoms. The normalized spacial score (nSPS) is 10.6. The highest BCUT2D eigenvalue weighted by molar-refractivity contribution is 7.99. The molecule has 0 radical (unpaired) electrons. The van der Waals surface area contributed by atoms with Crippen molar-refractivity contribution in [3.63, 3.8) is 0 Å². The first kappa shape index (κ1) is 20.0. The predicted molar refractivity (Wildman–Crippen MR) is 108 cm³/mol. The molecular formula is C18H20N6O2S2. The van der Waals surface area contributed by atoms with E-state index in [1.165, 1.54) is 16.7 Å². The third-order valence-corrected chi connectivity index (χ3v) is 5.66. The summed E-state index contributed by atoms with van der Waals surface area (Å²) in [4.78, 5) is 27.3. The molecule has 1 N–H and O–H groups in total. The number of para-hydroxylation sites is 1. The SMILES string of the molecule is CCN(CC(=O)NCc1cccs1)C(=O)CSc1nnnn1-c1ccccc1. The maximum atomic E-state index is 12.5. The minimum Gasteiger partial charge on any atom is -0.350 e. The lowest BCUT2D eigenvalue weighted by Gasteiger charge is -2.20. The molecule has 0 atom stereocenters. The van der Waals surface area contributed by atoms with Crippen molar-refractivity contribution >= 4 is 34.9 Å². The van der Waals surface area contributed by atoms with Gasteiger partial charge in [-0.25, -0.2) is 0 Å². The first-order valence-corrected chi connectivity index (χ1v) is 10.6. The average Bonchev–Trinajstić information content (AvgIpc) is 3.41. The van der Waals surface area contributed by atoms with Gasteiger partial charge in [0.15, 0.2) is 0 Å². The quantitative estimate of drug-likeness (QED) is 0.536. The number of nitrogens with zero attached hydrogens (tertiary/aromatic N) is 5. The van der Waals surface area contributed by atoms with E-state index in [1.807, 2.05) is 54.8 Å². The summed E-state index contributed by atoms with van der Waals surface area (Å²) in [6.45, 7) is 2.81. The fraction of sp³-hybridized carbons (Fsp3) is 0.278. The monoisotopic (exact) mass is 416 g/mol. The van der Waals surface area contributed by atoms with Crippen LogP contribution in [0.25, 0.3) is 5.69 Å². The molecule has 10 heteroatoms. The van der Waals surface area contributed by atoms with Crippen molar-refractivity contribution in [2.24, 2.45) is 0 Å². The highest BCUT2D eigenvalue weighted by Gasteiger charge is 2.18. The smallest absolute Gasteiger partial charge is 0.239 e. The Morgan fingerprint density at radius 3 is 2.75 bits per heavy atom. The summed E-state index contributed by atoms with van der Waals surface area (Å²) in [6, 6.07) is 13.4. The minimum absolute atomic E-state index is 0.0326. The Balaban J connectivity index is 1.52. The third-order valence-electron chi connectivity index (χ3n) is 3.88. The van der Waals surface area contributed by atoms with E-state index in [4.69, 9.17) is 0 Å². The summed E-state index contributed by atoms with van der Waals surface area (Å²) in [5.74, 6) is -0.164. The molecule has 0 fully saturated rings. The average molecular weight is 417 g/mol. The highest BCUT2D eigenvalue weighted by Crippen LogP contribution is 2.18. The number of tetrazole rings is 1. The van der Waals surface area contributed by atoms with Gasteiger partial charge < -0.3 is 10.2 Å². The number of nitrogens with one attached hydrogen (secondary N) is 1. The fourth-order valence-electron chi connectivity index (χ4n) is 2.42. The largest absolute Gasteiger partial charge is 0.350 e. The second-order valence-corrected chi connectivity index (χ2v) is 7.74. The van der Waals surface area contributed by atoms with Crippen LogP contribution in [0.4, 0.5) is 0 Å². The van der Waals surface area contributed by atoms with Crippen LogP contribution in [0.1, 0.15) is 11.8 Å². The molecule has 0 aliphatic carbocycles. The number of benzene rings is 1. The van der Waals surface area contributed by atoms with Crippen LogP contribution in [0.15, 0.2) is 53.0 Å². The Labute approximate surface area is 170 Å². The number of amides is 2. The lowest BCUT2D eigenvalue weighted by atomic mass is 10.3. The van der Waals surface area contributed by atoms with Gasteiger partial charge in [-0.05, 0) is 40.9 Å². The van der Waals surface area contributed by atoms with Gasteiger partial charge in [-0.15, -0.1) is 16.4 Å². The van der Waals surface area contributed by atoms with Gasteiger partial charge in [0, 0.05) is 11.4 Å². The van der Waals surface area contributed by atoms with Gasteiger partial charge in [0.1, 0.15) is 0 Å². The highest BCUT2D eigenvalue weighted by atomic mass is 32.2. The van der Waals surface area contributed by atoms with Crippen LogP contribution in [-0.4, -0.2) is 55.8 Å². The van der Waals surface area contributed by atoms with Gasteiger partial charge >= 0.3 is 0 Å². The molecule has 28 heavy (non-hydrogen) atoms. The van der Waals surface area contributed by atoms with Crippen molar-refractivity contribution in [2.45, 2.75) is 18.6 Å². The maximum absolute atomic E-state index is 12.5. The molecule has 1 aromatic carbocycles. The predicted octanol–water partition coefficient (Wildman–Crippen LogP) is 1.98. The van der Waals surface area contributed by atoms with Crippen molar-refractivity contribution in [2.75, 3.05) is 18.8 Å². The fourth-order valence-corrected chi connectivity index (χ4v) is 3.86. The summed E-state index contributed by atoms with van der Waals surface area (Å²) >= 11 is 2.83. The van der Waals surface area contributed by atoms with Crippen molar-refractivity contribution in [1.29, 1.82) is 0 Å². The molecule has 3 rings (SSSR count). The van der Waals surface area contributed by atoms with E-state index >= 15 is 0 Å². The number of rotatable bonds is 9. The van der Waals surface area contributed by atoms with Crippen molar-refractivity contribution in [3.8, 4) is 5.69 Å². The number of carbonyl (C=O) groups excluding carboxylic acids is 2. The summed E-state index contributed by atoms with van der Waals surface area (Å²) < 4.78 is 1.59. The zero-order valence-electron chi connectivity index (χ0n) is 15.3. The third kappa shape index (κ3) is 5.40. The zero-order chi connectivity index (χ0) is 19.8. The molecule has 0 unspecified atom stereocenters. The molecule has 0 aliphatic heterocycles. The van der Waals surface area contributed by atoms with Crippen LogP contribution in [0.3, 0.4) is 0 Å². The summed E-state index contributed by atoms with van der Waals surface area (Å²) in [5.41, 5.74) is 0.822. The second-order valence-electron chi connectivity index (χ2n) is 5.76. The van der Waals surface area contributed by atoms with Crippen LogP contribution in [0.2, 0.25) is 0 Å². The molecule has 0 saturated heterocycles. The number of carbonyl (C=O) groups is 2. The Bertz CT molecular complexity index is 898. The van der Waals surface area contributed by atoms with E-state index in [0.717, 1.165) is 10.6 Å². The number of hydrogen-bond donors (Lipinski definition) is 1. The lowest BCUT2D eigenvalue weighted by molar-refractivity contribution is -0.133. The summed E-state index contributed by atoms with van der Waals surface area (Å²) in [5, 5.41) is 17.0. The van der Waals surface area contributed by atoms with Gasteiger partial charge in [0.2, 0.25) is 17.0 Å². The number of aromatic nitrogens is 4. The van der Waals surface area contributed by atoms with Crippen LogP contribution in [-0.2, 0) is 16.1 Å². The number of thioether (sulfide) groups is 1. The summed E-state index contributed by atoms with van der Waals surface area (Å²) in [6.07, 6.45) is 0. The maximum Gasteiger partial charge on any atom is 0.239 e. The summed E-state index contributed by atoms with van der Waals surface area (Å²) in [7, 11) is 0. The van der Waals surface area contributed by atoms with Crippen molar-refractivity contribution < 1.29 is 9.59 Å². The van der Waals surface area contributed by atoms with Gasteiger partial charge in [0.25, 0.3) is 0 Å². The van der Waals surface area contributed by atoms with Crippen molar-refractivity contribution in [3.05, 3.63) is 52.7 Å². The first-order chi connectivity index (χ1) is 13.7. The molecular weight excluding hydrogens is 396 g/mol. The minimum atomic E-state index is -0.178. The number of likely N-dealkylation sites (N-methyl/N-ethyl adjacent to an activating group) is 1. The molecule has 0 saturated carbocycles. The second kappa shape index (κ2) is 10.00. The number of hydrogen-bond acceptors (Lipinski definition) is 7. The molecule has 2 heterocycles. The molecule has 8 nitrogen and oxygen atoms in total. The van der Waals surface area contributed by atoms with Crippen LogP contribution in [0, 0.1) is 0 Å². The van der Waals surface area contributed by atoms with Crippen LogP contribution < -0.4 is 5.32 Å². The number of thiophene rings is 1. The molecule has 0 spiro atoms. The Hall–Kier alpha value is -2.72. The first-order valence-electron chi connectivity index (χ1n) is 8.71. The Morgan fingerprint density at radius 2 is 2.04 bits per heavy atom. The molecule has 2 amide bonds. The Morgan fingerprint density at radius 1 is 1.21 bits per heavy atom. The van der Waals surface area contributed by atoms with E-state index in [1.54, 1.807) is 16.0 Å². The molecule has 2 aromatic heterocycles. The van der Waals surface area contributed by atoms with Crippen LogP contribution in [0.5, 0.6) is 0 Å². The molecule has 3 aromatic rings. The van der Waals surface area contributed by atoms with E-state index in [-0.39, 0.29) is 24.1 Å². The molecule has 146 valence electrons. The lowest BCUT2D eigenvalue weighted by Crippen LogP contribution is -2.41. The Kier molecular flexibility index (Phi) is 7.15.